The van der Waals surface area contributed by atoms with Crippen molar-refractivity contribution in [2.24, 2.45) is 0 Å². The third kappa shape index (κ3) is 16.8. The van der Waals surface area contributed by atoms with Gasteiger partial charge in [0.05, 0.1) is 87.8 Å². The number of anilines is 1. The molecule has 0 atom stereocenters. The summed E-state index contributed by atoms with van der Waals surface area (Å²) in [6.07, 6.45) is 1.54. The number of carbonyl (C=O) groups is 3. The Kier molecular flexibility index (Phi) is 23.8. The molecule has 1 aliphatic heterocycles. The van der Waals surface area contributed by atoms with E-state index in [1.807, 2.05) is 55.5 Å². The van der Waals surface area contributed by atoms with Crippen LogP contribution in [0.1, 0.15) is 68.6 Å². The van der Waals surface area contributed by atoms with Crippen LogP contribution in [-0.2, 0) is 55.1 Å². The molecule has 20 nitrogen and oxygen atoms in total. The highest BCUT2D eigenvalue weighted by molar-refractivity contribution is 7.91. The fourth-order valence-corrected chi connectivity index (χ4v) is 12.3. The SMILES string of the molecule is CCN(CC)c1ccc2c(-c3ccc(S(=O)(=O)NCCOCCOCCOCCOCCC(=O)NCCCCNC(=O)Cc4c(C)n(C(=O)c5ccc(Cl)cc5)c5ccc(OC)cc45)c(S(=O)(=O)[O-])c3)c3ccc(=[N+](CC)CC)cc-3oc2c1. The zero-order chi connectivity index (χ0) is 60.4. The van der Waals surface area contributed by atoms with Gasteiger partial charge in [-0.25, -0.2) is 26.1 Å². The molecule has 23 heteroatoms. The summed E-state index contributed by atoms with van der Waals surface area (Å²) in [6.45, 7) is 15.3. The Morgan fingerprint density at radius 3 is 1.96 bits per heavy atom. The number of nitrogens with one attached hydrogen (secondary N) is 3. The number of ether oxygens (including phenoxy) is 5. The zero-order valence-corrected chi connectivity index (χ0v) is 50.8. The van der Waals surface area contributed by atoms with Crippen LogP contribution in [0, 0.1) is 6.92 Å². The lowest BCUT2D eigenvalue weighted by Crippen LogP contribution is -2.29. The quantitative estimate of drug-likeness (QED) is 0.0157. The molecule has 2 heterocycles. The normalized spacial score (nSPS) is 11.9. The van der Waals surface area contributed by atoms with E-state index in [0.29, 0.717) is 86.9 Å². The maximum Gasteiger partial charge on any atom is 0.262 e. The Morgan fingerprint density at radius 2 is 1.33 bits per heavy atom. The Balaban J connectivity index is 0.760. The third-order valence-electron chi connectivity index (χ3n) is 14.3. The summed E-state index contributed by atoms with van der Waals surface area (Å²) < 4.78 is 106. The maximum atomic E-state index is 13.6. The first-order valence-electron chi connectivity index (χ1n) is 28.2. The highest BCUT2D eigenvalue weighted by atomic mass is 35.5. The van der Waals surface area contributed by atoms with Gasteiger partial charge in [0.15, 0.2) is 0 Å². The van der Waals surface area contributed by atoms with Crippen LogP contribution in [-0.4, -0.2) is 149 Å². The number of benzene rings is 5. The first-order chi connectivity index (χ1) is 40.4. The fraction of sp³-hybridized carbons (Fsp3) is 0.410. The molecule has 5 aromatic rings. The summed E-state index contributed by atoms with van der Waals surface area (Å²) in [6, 6.07) is 27.4. The van der Waals surface area contributed by atoms with E-state index < -0.39 is 29.9 Å². The average molecular weight is 1220 g/mol. The van der Waals surface area contributed by atoms with Crippen molar-refractivity contribution in [1.29, 1.82) is 0 Å². The molecular weight excluding hydrogens is 1140 g/mol. The number of amides is 2. The van der Waals surface area contributed by atoms with Crippen LogP contribution >= 0.6 is 11.6 Å². The van der Waals surface area contributed by atoms with Crippen LogP contribution < -0.4 is 34.9 Å². The molecule has 452 valence electrons. The van der Waals surface area contributed by atoms with Gasteiger partial charge in [-0.1, -0.05) is 17.7 Å². The van der Waals surface area contributed by atoms with Gasteiger partial charge in [0.1, 0.15) is 40.3 Å². The predicted octanol–water partition coefficient (Wildman–Crippen LogP) is 7.37. The number of hydrogen-bond donors (Lipinski definition) is 3. The van der Waals surface area contributed by atoms with Crippen molar-refractivity contribution in [1.82, 2.24) is 24.5 Å². The number of aromatic nitrogens is 1. The van der Waals surface area contributed by atoms with Gasteiger partial charge in [-0.2, -0.15) is 0 Å². The number of methoxy groups -OCH3 is 1. The predicted molar refractivity (Wildman–Crippen MR) is 323 cm³/mol. The van der Waals surface area contributed by atoms with Crippen molar-refractivity contribution in [3.8, 4) is 28.2 Å². The summed E-state index contributed by atoms with van der Waals surface area (Å²) >= 11 is 6.05. The summed E-state index contributed by atoms with van der Waals surface area (Å²) in [5, 5.41) is 8.67. The Morgan fingerprint density at radius 1 is 0.690 bits per heavy atom. The first-order valence-corrected chi connectivity index (χ1v) is 31.5. The number of rotatable bonds is 33. The molecule has 0 radical (unpaired) electrons. The van der Waals surface area contributed by atoms with Crippen molar-refractivity contribution in [2.45, 2.75) is 70.1 Å². The number of hydrogen-bond acceptors (Lipinski definition) is 15. The lowest BCUT2D eigenvalue weighted by atomic mass is 9.93. The lowest BCUT2D eigenvalue weighted by molar-refractivity contribution is -0.122. The summed E-state index contributed by atoms with van der Waals surface area (Å²) in [5.41, 5.74) is 5.55. The molecule has 7 rings (SSSR count). The smallest absolute Gasteiger partial charge is 0.262 e. The number of fused-ring (bicyclic) bond motifs is 3. The minimum absolute atomic E-state index is 0.0616. The second kappa shape index (κ2) is 30.9. The first kappa shape index (κ1) is 64.8. The van der Waals surface area contributed by atoms with Crippen LogP contribution in [0.15, 0.2) is 111 Å². The van der Waals surface area contributed by atoms with E-state index in [9.17, 15) is 35.8 Å². The standard InChI is InChI=1S/C61H75ClN6O14S2/c1-7-66(8-2)46-18-21-49-54(38-46)82-55-39-47(67(9-3)10-4)19-22-50(55)60(49)44-15-24-56(57(37-44)84(74,75)76)83(72,73)65-28-30-79-32-34-81-36-35-80-33-31-78-29-25-58(69)63-26-11-12-27-64-59(70)41-51-42(5)68(53-23-20-48(77-6)40-52(51)53)61(71)43-13-16-45(62)17-14-43/h13-24,37-40,65H,7-12,25-36,41H2,1-6H3,(H2-,63,64,69,70,74,75,76). The van der Waals surface area contributed by atoms with Crippen molar-refractivity contribution in [3.63, 3.8) is 0 Å². The van der Waals surface area contributed by atoms with Gasteiger partial charge in [-0.3, -0.25) is 19.0 Å². The minimum atomic E-state index is -5.29. The second-order valence-corrected chi connectivity index (χ2v) is 23.1. The van der Waals surface area contributed by atoms with Gasteiger partial charge in [-0.05, 0) is 131 Å². The highest BCUT2D eigenvalue weighted by Gasteiger charge is 2.27. The minimum Gasteiger partial charge on any atom is -0.744 e. The van der Waals surface area contributed by atoms with Crippen LogP contribution in [0.5, 0.6) is 5.75 Å². The number of nitrogens with zero attached hydrogens (tertiary/aromatic N) is 3. The highest BCUT2D eigenvalue weighted by Crippen LogP contribution is 2.42. The Labute approximate surface area is 496 Å². The topological polar surface area (TPSA) is 249 Å². The summed E-state index contributed by atoms with van der Waals surface area (Å²) in [4.78, 5) is 39.7. The van der Waals surface area contributed by atoms with Gasteiger partial charge in [0.2, 0.25) is 27.2 Å². The second-order valence-electron chi connectivity index (χ2n) is 19.6. The average Bonchev–Trinajstić information content (AvgIpc) is 1.61. The van der Waals surface area contributed by atoms with E-state index in [1.165, 1.54) is 6.07 Å². The van der Waals surface area contributed by atoms with E-state index in [1.54, 1.807) is 42.0 Å². The molecule has 0 saturated carbocycles. The molecule has 4 aromatic carbocycles. The zero-order valence-electron chi connectivity index (χ0n) is 48.4. The van der Waals surface area contributed by atoms with Gasteiger partial charge >= 0.3 is 0 Å². The summed E-state index contributed by atoms with van der Waals surface area (Å²) in [7, 11) is -8.22. The Bertz CT molecular complexity index is 3670. The molecular formula is C61H75ClN6O14S2. The number of carbonyl (C=O) groups excluding carboxylic acids is 3. The molecule has 1 aliphatic carbocycles. The molecule has 1 aromatic heterocycles. The van der Waals surface area contributed by atoms with Crippen molar-refractivity contribution in [2.75, 3.05) is 111 Å². The van der Waals surface area contributed by atoms with E-state index in [2.05, 4.69) is 52.5 Å². The number of unbranched alkanes of at least 4 members (excludes halogenated alkanes) is 1. The molecule has 0 saturated heterocycles. The number of sulfonamides is 1. The van der Waals surface area contributed by atoms with E-state index in [4.69, 9.17) is 39.7 Å². The van der Waals surface area contributed by atoms with Crippen molar-refractivity contribution in [3.05, 3.63) is 124 Å². The van der Waals surface area contributed by atoms with E-state index in [0.717, 1.165) is 60.3 Å². The molecule has 0 unspecified atom stereocenters. The van der Waals surface area contributed by atoms with Gasteiger partial charge in [-0.15, -0.1) is 0 Å². The third-order valence-corrected chi connectivity index (χ3v) is 17.1. The summed E-state index contributed by atoms with van der Waals surface area (Å²) in [5.74, 6) is 0.562. The largest absolute Gasteiger partial charge is 0.744 e. The molecule has 84 heavy (non-hydrogen) atoms. The molecule has 0 spiro atoms. The van der Waals surface area contributed by atoms with Crippen LogP contribution in [0.4, 0.5) is 5.69 Å². The molecule has 2 aliphatic rings. The van der Waals surface area contributed by atoms with Gasteiger partial charge in [0, 0.05) is 95.1 Å². The molecule has 0 fully saturated rings. The molecule has 2 amide bonds. The van der Waals surface area contributed by atoms with Crippen LogP contribution in [0.3, 0.4) is 0 Å². The van der Waals surface area contributed by atoms with Crippen LogP contribution in [0.25, 0.3) is 44.3 Å². The van der Waals surface area contributed by atoms with Crippen molar-refractivity contribution >= 4 is 77.0 Å². The monoisotopic (exact) mass is 1210 g/mol. The van der Waals surface area contributed by atoms with Crippen molar-refractivity contribution < 1.29 is 63.9 Å². The number of halogens is 1. The fourth-order valence-electron chi connectivity index (χ4n) is 9.90. The van der Waals surface area contributed by atoms with E-state index >= 15 is 0 Å². The van der Waals surface area contributed by atoms with Crippen LogP contribution in [0.2, 0.25) is 5.02 Å². The lowest BCUT2D eigenvalue weighted by Gasteiger charge is -2.22. The molecule has 0 bridgehead atoms. The van der Waals surface area contributed by atoms with Gasteiger partial charge in [0.25, 0.3) is 5.91 Å². The van der Waals surface area contributed by atoms with Gasteiger partial charge < -0.3 is 48.2 Å². The Hall–Kier alpha value is -6.73. The van der Waals surface area contributed by atoms with E-state index in [-0.39, 0.29) is 90.0 Å². The maximum absolute atomic E-state index is 13.6. The molecule has 3 N–H and O–H groups in total.